The Hall–Kier alpha value is -2.49. The summed E-state index contributed by atoms with van der Waals surface area (Å²) in [6.45, 7) is 0. The number of hydrogen-bond acceptors (Lipinski definition) is 2. The molecule has 3 rings (SSSR count). The third kappa shape index (κ3) is 3.83. The molecule has 114 valence electrons. The molecule has 0 saturated carbocycles. The third-order valence-electron chi connectivity index (χ3n) is 3.57. The van der Waals surface area contributed by atoms with Gasteiger partial charge in [-0.05, 0) is 39.4 Å². The van der Waals surface area contributed by atoms with E-state index in [1.165, 1.54) is 5.56 Å². The molecule has 0 spiro atoms. The molecule has 0 heterocycles. The molecule has 0 amide bonds. The van der Waals surface area contributed by atoms with Crippen LogP contribution in [-0.4, -0.2) is 8.76 Å². The van der Waals surface area contributed by atoms with Gasteiger partial charge >= 0.3 is 0 Å². The molecule has 0 aliphatic carbocycles. The predicted octanol–water partition coefficient (Wildman–Crippen LogP) is 4.76. The topological polar surface area (TPSA) is 40.1 Å². The highest BCUT2D eigenvalue weighted by molar-refractivity contribution is 7.79. The molecule has 1 atom stereocenters. The number of rotatable bonds is 4. The summed E-state index contributed by atoms with van der Waals surface area (Å²) in [6.07, 6.45) is 3.74. The van der Waals surface area contributed by atoms with Crippen molar-refractivity contribution in [3.63, 3.8) is 0 Å². The molecule has 0 radical (unpaired) electrons. The number of hydrogen-bond donors (Lipinski definition) is 0. The van der Waals surface area contributed by atoms with E-state index in [9.17, 15) is 8.76 Å². The molecule has 0 bridgehead atoms. The van der Waals surface area contributed by atoms with E-state index in [0.29, 0.717) is 10.5 Å². The Morgan fingerprint density at radius 3 is 2.00 bits per heavy atom. The largest absolute Gasteiger partial charge is 0.768 e. The molecule has 3 heteroatoms. The van der Waals surface area contributed by atoms with Crippen LogP contribution in [0.4, 0.5) is 0 Å². The van der Waals surface area contributed by atoms with Crippen molar-refractivity contribution in [1.82, 2.24) is 0 Å². The molecule has 0 aliphatic heterocycles. The zero-order chi connectivity index (χ0) is 16.1. The molecule has 0 aromatic heterocycles. The normalized spacial score (nSPS) is 12.4. The summed E-state index contributed by atoms with van der Waals surface area (Å²) < 4.78 is 22.4. The first-order valence-electron chi connectivity index (χ1n) is 7.26. The van der Waals surface area contributed by atoms with Crippen molar-refractivity contribution in [3.05, 3.63) is 90.0 Å². The van der Waals surface area contributed by atoms with Crippen LogP contribution in [0.3, 0.4) is 0 Å². The van der Waals surface area contributed by atoms with E-state index in [1.54, 1.807) is 18.2 Å². The van der Waals surface area contributed by atoms with E-state index in [1.807, 2.05) is 48.6 Å². The second-order valence-electron chi connectivity index (χ2n) is 5.09. The fourth-order valence-electron chi connectivity index (χ4n) is 2.37. The van der Waals surface area contributed by atoms with Gasteiger partial charge in [-0.15, -0.1) is 0 Å². The van der Waals surface area contributed by atoms with Crippen LogP contribution in [-0.2, 0) is 11.1 Å². The lowest BCUT2D eigenvalue weighted by Crippen LogP contribution is -1.91. The van der Waals surface area contributed by atoms with E-state index in [-0.39, 0.29) is 0 Å². The van der Waals surface area contributed by atoms with Gasteiger partial charge in [0.25, 0.3) is 0 Å². The standard InChI is InChI=1S/C20H16O2S/c21-23(22)20-9-5-4-8-19(20)15-12-16-10-13-18(14-11-16)17-6-2-1-3-7-17/h1-15H,(H,21,22)/p-1/b15-12-. The fraction of sp³-hybridized carbons (Fsp3) is 0. The summed E-state index contributed by atoms with van der Waals surface area (Å²) >= 11 is -2.23. The minimum absolute atomic E-state index is 0.310. The molecule has 3 aromatic carbocycles. The second-order valence-corrected chi connectivity index (χ2v) is 6.00. The maximum atomic E-state index is 11.2. The summed E-state index contributed by atoms with van der Waals surface area (Å²) in [5.41, 5.74) is 4.04. The van der Waals surface area contributed by atoms with Gasteiger partial charge in [0.2, 0.25) is 0 Å². The Bertz CT molecular complexity index is 837. The fourth-order valence-corrected chi connectivity index (χ4v) is 2.89. The molecule has 0 N–H and O–H groups in total. The minimum Gasteiger partial charge on any atom is -0.768 e. The van der Waals surface area contributed by atoms with Crippen molar-refractivity contribution in [1.29, 1.82) is 0 Å². The summed E-state index contributed by atoms with van der Waals surface area (Å²) in [5, 5.41) is 0. The summed E-state index contributed by atoms with van der Waals surface area (Å²) in [5.74, 6) is 0. The van der Waals surface area contributed by atoms with Crippen molar-refractivity contribution >= 4 is 23.2 Å². The Morgan fingerprint density at radius 1 is 0.696 bits per heavy atom. The SMILES string of the molecule is O=S([O-])c1ccccc1/C=C\c1ccc(-c2ccccc2)cc1. The van der Waals surface area contributed by atoms with Crippen LogP contribution < -0.4 is 0 Å². The van der Waals surface area contributed by atoms with Gasteiger partial charge in [0.05, 0.1) is 0 Å². The Balaban J connectivity index is 1.83. The van der Waals surface area contributed by atoms with Gasteiger partial charge in [-0.1, -0.05) is 84.9 Å². The Morgan fingerprint density at radius 2 is 1.30 bits per heavy atom. The van der Waals surface area contributed by atoms with Gasteiger partial charge in [-0.3, -0.25) is 4.21 Å². The lowest BCUT2D eigenvalue weighted by Gasteiger charge is -2.08. The van der Waals surface area contributed by atoms with E-state index >= 15 is 0 Å². The first-order valence-corrected chi connectivity index (χ1v) is 8.33. The van der Waals surface area contributed by atoms with Crippen molar-refractivity contribution < 1.29 is 8.76 Å². The van der Waals surface area contributed by atoms with Crippen molar-refractivity contribution in [2.45, 2.75) is 4.90 Å². The lowest BCUT2D eigenvalue weighted by molar-refractivity contribution is 0.537. The Kier molecular flexibility index (Phi) is 4.81. The van der Waals surface area contributed by atoms with Crippen LogP contribution >= 0.6 is 0 Å². The van der Waals surface area contributed by atoms with Crippen molar-refractivity contribution in [2.75, 3.05) is 0 Å². The second kappa shape index (κ2) is 7.18. The molecule has 1 unspecified atom stereocenters. The van der Waals surface area contributed by atoms with Gasteiger partial charge in [-0.25, -0.2) is 0 Å². The van der Waals surface area contributed by atoms with E-state index < -0.39 is 11.1 Å². The molecular formula is C20H15O2S-. The van der Waals surface area contributed by atoms with Crippen LogP contribution in [0, 0.1) is 0 Å². The van der Waals surface area contributed by atoms with E-state index in [0.717, 1.165) is 11.1 Å². The highest BCUT2D eigenvalue weighted by Crippen LogP contribution is 2.21. The predicted molar refractivity (Wildman–Crippen MR) is 94.4 cm³/mol. The molecular weight excluding hydrogens is 304 g/mol. The zero-order valence-electron chi connectivity index (χ0n) is 12.4. The van der Waals surface area contributed by atoms with Gasteiger partial charge < -0.3 is 4.55 Å². The molecule has 23 heavy (non-hydrogen) atoms. The van der Waals surface area contributed by atoms with Gasteiger partial charge in [-0.2, -0.15) is 0 Å². The molecule has 2 nitrogen and oxygen atoms in total. The Labute approximate surface area is 138 Å². The quantitative estimate of drug-likeness (QED) is 0.514. The summed E-state index contributed by atoms with van der Waals surface area (Å²) in [4.78, 5) is 0.310. The zero-order valence-corrected chi connectivity index (χ0v) is 13.2. The van der Waals surface area contributed by atoms with E-state index in [2.05, 4.69) is 24.3 Å². The van der Waals surface area contributed by atoms with Crippen molar-refractivity contribution in [2.24, 2.45) is 0 Å². The van der Waals surface area contributed by atoms with Crippen LogP contribution in [0.2, 0.25) is 0 Å². The molecule has 0 aliphatic rings. The highest BCUT2D eigenvalue weighted by atomic mass is 32.2. The van der Waals surface area contributed by atoms with Crippen molar-refractivity contribution in [3.8, 4) is 11.1 Å². The van der Waals surface area contributed by atoms with Crippen LogP contribution in [0.5, 0.6) is 0 Å². The molecule has 0 saturated heterocycles. The molecule has 3 aromatic rings. The van der Waals surface area contributed by atoms with Gasteiger partial charge in [0, 0.05) is 4.90 Å². The third-order valence-corrected chi connectivity index (χ3v) is 4.30. The van der Waals surface area contributed by atoms with Gasteiger partial charge in [0.15, 0.2) is 0 Å². The summed E-state index contributed by atoms with van der Waals surface area (Å²) in [6, 6.07) is 25.3. The summed E-state index contributed by atoms with van der Waals surface area (Å²) in [7, 11) is 0. The maximum absolute atomic E-state index is 11.2. The average molecular weight is 319 g/mol. The first-order chi connectivity index (χ1) is 11.2. The molecule has 0 fully saturated rings. The smallest absolute Gasteiger partial charge is 0.0321 e. The van der Waals surface area contributed by atoms with Gasteiger partial charge in [0.1, 0.15) is 0 Å². The van der Waals surface area contributed by atoms with E-state index in [4.69, 9.17) is 0 Å². The maximum Gasteiger partial charge on any atom is 0.0321 e. The van der Waals surface area contributed by atoms with Crippen LogP contribution in [0.25, 0.3) is 23.3 Å². The lowest BCUT2D eigenvalue weighted by atomic mass is 10.0. The van der Waals surface area contributed by atoms with Crippen LogP contribution in [0.15, 0.2) is 83.8 Å². The number of benzene rings is 3. The monoisotopic (exact) mass is 319 g/mol. The van der Waals surface area contributed by atoms with Crippen LogP contribution in [0.1, 0.15) is 11.1 Å². The first kappa shape index (κ1) is 15.4. The minimum atomic E-state index is -2.23. The highest BCUT2D eigenvalue weighted by Gasteiger charge is 1.99. The average Bonchev–Trinajstić information content (AvgIpc) is 2.61.